The highest BCUT2D eigenvalue weighted by atomic mass is 32.2. The molecule has 0 aliphatic rings. The number of thioether (sulfide) groups is 1. The fraction of sp³-hybridized carbons (Fsp3) is 0.143. The molecule has 0 bridgehead atoms. The predicted octanol–water partition coefficient (Wildman–Crippen LogP) is 6.85. The van der Waals surface area contributed by atoms with Gasteiger partial charge in [0.05, 0.1) is 36.8 Å². The number of rotatable bonds is 12. The molecule has 0 aliphatic heterocycles. The summed E-state index contributed by atoms with van der Waals surface area (Å²) in [6.45, 7) is 1.81. The van der Waals surface area contributed by atoms with Gasteiger partial charge in [0.25, 0.3) is 11.8 Å². The fourth-order valence-corrected chi connectivity index (χ4v) is 6.17. The van der Waals surface area contributed by atoms with Crippen molar-refractivity contribution in [1.82, 2.24) is 10.3 Å². The van der Waals surface area contributed by atoms with Gasteiger partial charge in [-0.25, -0.2) is 4.98 Å². The molecular weight excluding hydrogens is 637 g/mol. The van der Waals surface area contributed by atoms with Crippen LogP contribution in [0.25, 0.3) is 16.3 Å². The first-order chi connectivity index (χ1) is 22.8. The average molecular weight is 669 g/mol. The minimum absolute atomic E-state index is 0.0133. The number of carbonyl (C=O) groups excluding carboxylic acids is 3. The molecular formula is C35H32N4O6S2. The molecule has 4 aromatic carbocycles. The number of hydrogen-bond donors (Lipinski definition) is 3. The maximum absolute atomic E-state index is 13.5. The van der Waals surface area contributed by atoms with E-state index in [1.165, 1.54) is 30.2 Å². The maximum Gasteiger partial charge on any atom is 0.272 e. The molecule has 12 heteroatoms. The molecule has 0 radical (unpaired) electrons. The first-order valence-electron chi connectivity index (χ1n) is 14.4. The average Bonchev–Trinajstić information content (AvgIpc) is 3.50. The number of fused-ring (bicyclic) bond motifs is 1. The molecule has 5 aromatic rings. The Bertz CT molecular complexity index is 1930. The second-order valence-corrected chi connectivity index (χ2v) is 12.5. The fourth-order valence-electron chi connectivity index (χ4n) is 4.40. The van der Waals surface area contributed by atoms with Gasteiger partial charge >= 0.3 is 0 Å². The van der Waals surface area contributed by atoms with E-state index in [4.69, 9.17) is 14.2 Å². The Morgan fingerprint density at radius 3 is 2.23 bits per heavy atom. The number of aromatic nitrogens is 1. The number of nitrogens with zero attached hydrogens (tertiary/aromatic N) is 1. The standard InChI is InChI=1S/C35H32N4O6S2/c1-21(32(40)39-35-38-28-17-14-26(44-3)20-31(28)47-35)46-27-15-11-24(12-16-27)36-34(42)29(37-33(41)22-8-6-5-7-9-22)18-23-10-13-25(43-2)19-30(23)45-4/h5-21H,1-4H3,(H,36,42)(H,37,41)(H,38,39,40)/b29-18-. The molecule has 0 saturated carbocycles. The van der Waals surface area contributed by atoms with Crippen LogP contribution in [-0.2, 0) is 9.59 Å². The molecule has 0 spiro atoms. The smallest absolute Gasteiger partial charge is 0.272 e. The Morgan fingerprint density at radius 2 is 1.53 bits per heavy atom. The second kappa shape index (κ2) is 15.3. The van der Waals surface area contributed by atoms with Gasteiger partial charge in [-0.1, -0.05) is 29.5 Å². The number of hydrogen-bond acceptors (Lipinski definition) is 9. The third-order valence-corrected chi connectivity index (χ3v) is 8.93. The lowest BCUT2D eigenvalue weighted by molar-refractivity contribution is -0.115. The van der Waals surface area contributed by atoms with E-state index in [1.54, 1.807) is 81.0 Å². The number of benzene rings is 4. The van der Waals surface area contributed by atoms with E-state index in [0.717, 1.165) is 20.9 Å². The Balaban J connectivity index is 1.26. The highest BCUT2D eigenvalue weighted by molar-refractivity contribution is 8.00. The van der Waals surface area contributed by atoms with Crippen LogP contribution in [0.1, 0.15) is 22.8 Å². The quantitative estimate of drug-likeness (QED) is 0.0973. The van der Waals surface area contributed by atoms with Gasteiger partial charge in [-0.05, 0) is 79.7 Å². The normalized spacial score (nSPS) is 11.8. The largest absolute Gasteiger partial charge is 0.497 e. The number of methoxy groups -OCH3 is 3. The number of nitrogens with one attached hydrogen (secondary N) is 3. The van der Waals surface area contributed by atoms with Gasteiger partial charge in [-0.2, -0.15) is 0 Å². The van der Waals surface area contributed by atoms with Crippen LogP contribution >= 0.6 is 23.1 Å². The molecule has 3 amide bonds. The summed E-state index contributed by atoms with van der Waals surface area (Å²) in [5, 5.41) is 8.56. The van der Waals surface area contributed by atoms with E-state index in [2.05, 4.69) is 20.9 Å². The Hall–Kier alpha value is -5.33. The van der Waals surface area contributed by atoms with Crippen LogP contribution in [-0.4, -0.2) is 49.3 Å². The predicted molar refractivity (Wildman–Crippen MR) is 187 cm³/mol. The summed E-state index contributed by atoms with van der Waals surface area (Å²) in [5.74, 6) is 0.616. The number of thiazole rings is 1. The summed E-state index contributed by atoms with van der Waals surface area (Å²) in [5.41, 5.74) is 2.26. The molecule has 240 valence electrons. The maximum atomic E-state index is 13.5. The van der Waals surface area contributed by atoms with Crippen molar-refractivity contribution in [2.24, 2.45) is 0 Å². The van der Waals surface area contributed by atoms with Crippen LogP contribution in [0.2, 0.25) is 0 Å². The van der Waals surface area contributed by atoms with Gasteiger partial charge in [-0.3, -0.25) is 14.4 Å². The zero-order valence-corrected chi connectivity index (χ0v) is 27.7. The Morgan fingerprint density at radius 1 is 0.830 bits per heavy atom. The summed E-state index contributed by atoms with van der Waals surface area (Å²) in [7, 11) is 4.66. The van der Waals surface area contributed by atoms with E-state index >= 15 is 0 Å². The van der Waals surface area contributed by atoms with Crippen molar-refractivity contribution < 1.29 is 28.6 Å². The number of ether oxygens (including phenoxy) is 3. The van der Waals surface area contributed by atoms with E-state index < -0.39 is 17.1 Å². The molecule has 10 nitrogen and oxygen atoms in total. The highest BCUT2D eigenvalue weighted by Crippen LogP contribution is 2.31. The molecule has 1 aromatic heterocycles. The van der Waals surface area contributed by atoms with Crippen LogP contribution in [0, 0.1) is 0 Å². The lowest BCUT2D eigenvalue weighted by Gasteiger charge is -2.14. The van der Waals surface area contributed by atoms with E-state index in [9.17, 15) is 14.4 Å². The number of carbonyl (C=O) groups is 3. The lowest BCUT2D eigenvalue weighted by Crippen LogP contribution is -2.30. The molecule has 3 N–H and O–H groups in total. The van der Waals surface area contributed by atoms with E-state index in [-0.39, 0.29) is 11.6 Å². The summed E-state index contributed by atoms with van der Waals surface area (Å²) < 4.78 is 16.9. The lowest BCUT2D eigenvalue weighted by atomic mass is 10.1. The summed E-state index contributed by atoms with van der Waals surface area (Å²) in [6.07, 6.45) is 1.54. The minimum atomic E-state index is -0.534. The monoisotopic (exact) mass is 668 g/mol. The van der Waals surface area contributed by atoms with Crippen LogP contribution in [0.3, 0.4) is 0 Å². The van der Waals surface area contributed by atoms with Crippen molar-refractivity contribution in [2.75, 3.05) is 32.0 Å². The van der Waals surface area contributed by atoms with Crippen LogP contribution in [0.4, 0.5) is 10.8 Å². The molecule has 1 unspecified atom stereocenters. The van der Waals surface area contributed by atoms with Crippen LogP contribution in [0.5, 0.6) is 17.2 Å². The molecule has 0 aliphatic carbocycles. The third-order valence-electron chi connectivity index (χ3n) is 6.89. The van der Waals surface area contributed by atoms with Crippen molar-refractivity contribution >= 4 is 67.9 Å². The van der Waals surface area contributed by atoms with Crippen molar-refractivity contribution in [3.05, 3.63) is 108 Å². The van der Waals surface area contributed by atoms with E-state index in [1.807, 2.05) is 37.3 Å². The van der Waals surface area contributed by atoms with Crippen LogP contribution in [0.15, 0.2) is 102 Å². The van der Waals surface area contributed by atoms with E-state index in [0.29, 0.717) is 33.4 Å². The van der Waals surface area contributed by atoms with Gasteiger partial charge in [0.15, 0.2) is 5.13 Å². The van der Waals surface area contributed by atoms with Crippen molar-refractivity contribution in [3.8, 4) is 17.2 Å². The van der Waals surface area contributed by atoms with Gasteiger partial charge < -0.3 is 30.2 Å². The Labute approximate surface area is 280 Å². The molecule has 1 atom stereocenters. The zero-order chi connectivity index (χ0) is 33.3. The minimum Gasteiger partial charge on any atom is -0.497 e. The second-order valence-electron chi connectivity index (χ2n) is 10.1. The van der Waals surface area contributed by atoms with Crippen molar-refractivity contribution in [2.45, 2.75) is 17.1 Å². The molecule has 0 saturated heterocycles. The van der Waals surface area contributed by atoms with Gasteiger partial charge in [0.1, 0.15) is 22.9 Å². The first-order valence-corrected chi connectivity index (χ1v) is 16.1. The molecule has 5 rings (SSSR count). The topological polar surface area (TPSA) is 128 Å². The molecule has 1 heterocycles. The first kappa shape index (κ1) is 33.0. The summed E-state index contributed by atoms with van der Waals surface area (Å²) >= 11 is 2.75. The molecule has 47 heavy (non-hydrogen) atoms. The number of amides is 3. The zero-order valence-electron chi connectivity index (χ0n) is 26.0. The van der Waals surface area contributed by atoms with Gasteiger partial charge in [0.2, 0.25) is 5.91 Å². The summed E-state index contributed by atoms with van der Waals surface area (Å²) in [4.78, 5) is 44.8. The highest BCUT2D eigenvalue weighted by Gasteiger charge is 2.19. The number of anilines is 2. The van der Waals surface area contributed by atoms with Gasteiger partial charge in [0, 0.05) is 27.8 Å². The molecule has 0 fully saturated rings. The van der Waals surface area contributed by atoms with Crippen molar-refractivity contribution in [3.63, 3.8) is 0 Å². The van der Waals surface area contributed by atoms with Crippen LogP contribution < -0.4 is 30.2 Å². The van der Waals surface area contributed by atoms with Crippen molar-refractivity contribution in [1.29, 1.82) is 0 Å². The van der Waals surface area contributed by atoms with Gasteiger partial charge in [-0.15, -0.1) is 11.8 Å². The third kappa shape index (κ3) is 8.48. The SMILES string of the molecule is COc1ccc(/C=C(\NC(=O)c2ccccc2)C(=O)Nc2ccc(SC(C)C(=O)Nc3nc4ccc(OC)cc4s3)cc2)c(OC)c1. The Kier molecular flexibility index (Phi) is 10.8. The summed E-state index contributed by atoms with van der Waals surface area (Å²) in [6, 6.07) is 26.4.